The Morgan fingerprint density at radius 1 is 1.06 bits per heavy atom. The van der Waals surface area contributed by atoms with Crippen molar-refractivity contribution in [3.8, 4) is 0 Å². The van der Waals surface area contributed by atoms with E-state index in [0.717, 1.165) is 11.8 Å². The zero-order chi connectivity index (χ0) is 13.0. The summed E-state index contributed by atoms with van der Waals surface area (Å²) in [6.45, 7) is 2.19. The molecule has 0 fully saturated rings. The average molecular weight is 415 g/mol. The number of hydrogen-bond donors (Lipinski definition) is 0. The maximum atomic E-state index is 3.66. The van der Waals surface area contributed by atoms with Gasteiger partial charge in [0, 0.05) is 8.90 Å². The highest BCUT2D eigenvalue weighted by Crippen LogP contribution is 2.26. The van der Waals surface area contributed by atoms with Gasteiger partial charge in [-0.15, -0.1) is 0 Å². The molecule has 18 heavy (non-hydrogen) atoms. The van der Waals surface area contributed by atoms with E-state index in [1.54, 1.807) is 0 Å². The van der Waals surface area contributed by atoms with Gasteiger partial charge in [0.1, 0.15) is 0 Å². The van der Waals surface area contributed by atoms with Crippen LogP contribution in [0, 0.1) is 10.5 Å². The minimum atomic E-state index is 0.547. The molecular weight excluding hydrogens is 399 g/mol. The first-order valence-electron chi connectivity index (χ1n) is 6.06. The summed E-state index contributed by atoms with van der Waals surface area (Å²) in [4.78, 5) is 0. The van der Waals surface area contributed by atoms with Crippen LogP contribution in [0.4, 0.5) is 0 Å². The van der Waals surface area contributed by atoms with Crippen molar-refractivity contribution < 1.29 is 0 Å². The molecule has 0 saturated heterocycles. The standard InChI is InChI=1S/C16H16BrI/c1-12-4-2-3-5-16(12)14(11-17)10-13-6-8-15(18)9-7-13/h2-9,14H,10-11H2,1H3. The van der Waals surface area contributed by atoms with Crippen molar-refractivity contribution in [3.63, 3.8) is 0 Å². The third-order valence-corrected chi connectivity index (χ3v) is 4.71. The maximum absolute atomic E-state index is 3.66. The van der Waals surface area contributed by atoms with Gasteiger partial charge < -0.3 is 0 Å². The molecule has 2 heteroatoms. The van der Waals surface area contributed by atoms with Gasteiger partial charge in [-0.1, -0.05) is 52.3 Å². The van der Waals surface area contributed by atoms with E-state index in [4.69, 9.17) is 0 Å². The van der Waals surface area contributed by atoms with Gasteiger partial charge in [0.15, 0.2) is 0 Å². The number of alkyl halides is 1. The van der Waals surface area contributed by atoms with Crippen LogP contribution in [-0.2, 0) is 6.42 Å². The molecule has 1 atom stereocenters. The molecule has 0 bridgehead atoms. The fraction of sp³-hybridized carbons (Fsp3) is 0.250. The molecule has 0 saturated carbocycles. The molecule has 0 amide bonds. The minimum Gasteiger partial charge on any atom is -0.0921 e. The van der Waals surface area contributed by atoms with Crippen molar-refractivity contribution in [2.45, 2.75) is 19.3 Å². The Morgan fingerprint density at radius 3 is 2.33 bits per heavy atom. The highest BCUT2D eigenvalue weighted by atomic mass is 127. The van der Waals surface area contributed by atoms with Crippen molar-refractivity contribution in [1.82, 2.24) is 0 Å². The zero-order valence-corrected chi connectivity index (χ0v) is 14.1. The van der Waals surface area contributed by atoms with Crippen LogP contribution in [0.5, 0.6) is 0 Å². The van der Waals surface area contributed by atoms with Gasteiger partial charge in [0.25, 0.3) is 0 Å². The van der Waals surface area contributed by atoms with E-state index in [1.807, 2.05) is 0 Å². The molecule has 1 unspecified atom stereocenters. The first-order chi connectivity index (χ1) is 8.70. The van der Waals surface area contributed by atoms with Gasteiger partial charge in [-0.2, -0.15) is 0 Å². The summed E-state index contributed by atoms with van der Waals surface area (Å²) in [6, 6.07) is 17.5. The molecule has 94 valence electrons. The lowest BCUT2D eigenvalue weighted by molar-refractivity contribution is 0.769. The quantitative estimate of drug-likeness (QED) is 0.469. The Kier molecular flexibility index (Phi) is 5.25. The summed E-state index contributed by atoms with van der Waals surface area (Å²) < 4.78 is 1.29. The summed E-state index contributed by atoms with van der Waals surface area (Å²) in [7, 11) is 0. The third-order valence-electron chi connectivity index (χ3n) is 3.21. The smallest absolute Gasteiger partial charge is 0.0130 e. The first kappa shape index (κ1) is 14.1. The van der Waals surface area contributed by atoms with Gasteiger partial charge in [-0.25, -0.2) is 0 Å². The van der Waals surface area contributed by atoms with Gasteiger partial charge in [0.2, 0.25) is 0 Å². The molecule has 0 aliphatic rings. The molecule has 0 aliphatic heterocycles. The van der Waals surface area contributed by atoms with Crippen LogP contribution in [-0.4, -0.2) is 5.33 Å². The molecule has 2 rings (SSSR count). The second-order valence-electron chi connectivity index (χ2n) is 4.54. The van der Waals surface area contributed by atoms with E-state index < -0.39 is 0 Å². The van der Waals surface area contributed by atoms with E-state index in [9.17, 15) is 0 Å². The van der Waals surface area contributed by atoms with Crippen molar-refractivity contribution in [3.05, 3.63) is 68.8 Å². The van der Waals surface area contributed by atoms with Crippen molar-refractivity contribution in [2.75, 3.05) is 5.33 Å². The third kappa shape index (κ3) is 3.58. The lowest BCUT2D eigenvalue weighted by Gasteiger charge is -2.17. The van der Waals surface area contributed by atoms with Gasteiger partial charge >= 0.3 is 0 Å². The second-order valence-corrected chi connectivity index (χ2v) is 6.43. The summed E-state index contributed by atoms with van der Waals surface area (Å²) in [5.41, 5.74) is 4.24. The molecule has 0 radical (unpaired) electrons. The van der Waals surface area contributed by atoms with E-state index in [-0.39, 0.29) is 0 Å². The Balaban J connectivity index is 2.20. The predicted octanol–water partition coefficient (Wildman–Crippen LogP) is 5.32. The molecule has 0 spiro atoms. The number of benzene rings is 2. The van der Waals surface area contributed by atoms with E-state index in [2.05, 4.69) is 94.0 Å². The average Bonchev–Trinajstić information content (AvgIpc) is 2.39. The van der Waals surface area contributed by atoms with Crippen LogP contribution in [0.15, 0.2) is 48.5 Å². The molecule has 0 heterocycles. The van der Waals surface area contributed by atoms with Crippen LogP contribution < -0.4 is 0 Å². The molecule has 2 aromatic carbocycles. The van der Waals surface area contributed by atoms with Crippen LogP contribution in [0.2, 0.25) is 0 Å². The largest absolute Gasteiger partial charge is 0.0921 e. The normalized spacial score (nSPS) is 12.4. The molecular formula is C16H16BrI. The SMILES string of the molecule is Cc1ccccc1C(CBr)Cc1ccc(I)cc1. The van der Waals surface area contributed by atoms with Crippen molar-refractivity contribution >= 4 is 38.5 Å². The van der Waals surface area contributed by atoms with Crippen LogP contribution in [0.1, 0.15) is 22.6 Å². The van der Waals surface area contributed by atoms with Gasteiger partial charge in [0.05, 0.1) is 0 Å². The Morgan fingerprint density at radius 2 is 1.72 bits per heavy atom. The number of aryl methyl sites for hydroxylation is 1. The molecule has 0 aromatic heterocycles. The van der Waals surface area contributed by atoms with Crippen LogP contribution in [0.3, 0.4) is 0 Å². The minimum absolute atomic E-state index is 0.547. The lowest BCUT2D eigenvalue weighted by atomic mass is 9.91. The topological polar surface area (TPSA) is 0 Å². The Hall–Kier alpha value is -0.350. The van der Waals surface area contributed by atoms with E-state index in [1.165, 1.54) is 20.3 Å². The monoisotopic (exact) mass is 414 g/mol. The van der Waals surface area contributed by atoms with Crippen molar-refractivity contribution in [2.24, 2.45) is 0 Å². The zero-order valence-electron chi connectivity index (χ0n) is 10.4. The van der Waals surface area contributed by atoms with Crippen LogP contribution >= 0.6 is 38.5 Å². The first-order valence-corrected chi connectivity index (χ1v) is 8.26. The summed E-state index contributed by atoms with van der Waals surface area (Å²) >= 11 is 6.00. The maximum Gasteiger partial charge on any atom is 0.0130 e. The Labute approximate surface area is 131 Å². The molecule has 0 aliphatic carbocycles. The number of halogens is 2. The van der Waals surface area contributed by atoms with Crippen LogP contribution in [0.25, 0.3) is 0 Å². The van der Waals surface area contributed by atoms with E-state index >= 15 is 0 Å². The highest BCUT2D eigenvalue weighted by molar-refractivity contribution is 14.1. The number of rotatable bonds is 4. The van der Waals surface area contributed by atoms with E-state index in [0.29, 0.717) is 5.92 Å². The Bertz CT molecular complexity index is 505. The van der Waals surface area contributed by atoms with Crippen molar-refractivity contribution in [1.29, 1.82) is 0 Å². The summed E-state index contributed by atoms with van der Waals surface area (Å²) in [5, 5.41) is 1.00. The van der Waals surface area contributed by atoms with Gasteiger partial charge in [-0.05, 0) is 70.7 Å². The molecule has 0 nitrogen and oxygen atoms in total. The molecule has 2 aromatic rings. The number of hydrogen-bond acceptors (Lipinski definition) is 0. The van der Waals surface area contributed by atoms with Gasteiger partial charge in [-0.3, -0.25) is 0 Å². The fourth-order valence-electron chi connectivity index (χ4n) is 2.20. The fourth-order valence-corrected chi connectivity index (χ4v) is 3.13. The summed E-state index contributed by atoms with van der Waals surface area (Å²) in [6.07, 6.45) is 1.09. The summed E-state index contributed by atoms with van der Waals surface area (Å²) in [5.74, 6) is 0.547. The second kappa shape index (κ2) is 6.71. The highest BCUT2D eigenvalue weighted by Gasteiger charge is 2.12. The molecule has 0 N–H and O–H groups in total. The lowest BCUT2D eigenvalue weighted by Crippen LogP contribution is -2.06. The predicted molar refractivity (Wildman–Crippen MR) is 90.6 cm³/mol.